The number of amides is 1. The Morgan fingerprint density at radius 1 is 1.05 bits per heavy atom. The molecule has 3 rings (SSSR count). The van der Waals surface area contributed by atoms with Crippen LogP contribution in [0.15, 0.2) is 48.7 Å². The Hall–Kier alpha value is -5.48. The summed E-state index contributed by atoms with van der Waals surface area (Å²) in [7, 11) is 2.26. The third-order valence-corrected chi connectivity index (χ3v) is 6.14. The molecule has 1 aromatic heterocycles. The molecule has 0 saturated heterocycles. The Kier molecular flexibility index (Phi) is 9.69. The summed E-state index contributed by atoms with van der Waals surface area (Å²) in [6.07, 6.45) is -4.69. The fourth-order valence-corrected chi connectivity index (χ4v) is 3.97. The molecule has 2 N–H and O–H groups in total. The number of aromatic nitrogens is 1. The van der Waals surface area contributed by atoms with E-state index in [1.54, 1.807) is 19.1 Å². The Morgan fingerprint density at radius 2 is 1.67 bits per heavy atom. The van der Waals surface area contributed by atoms with Gasteiger partial charge in [0.15, 0.2) is 0 Å². The van der Waals surface area contributed by atoms with Crippen molar-refractivity contribution in [2.75, 3.05) is 14.2 Å². The van der Waals surface area contributed by atoms with E-state index in [1.807, 2.05) is 0 Å². The first-order chi connectivity index (χ1) is 20.2. The van der Waals surface area contributed by atoms with Crippen molar-refractivity contribution < 1.29 is 51.9 Å². The van der Waals surface area contributed by atoms with Gasteiger partial charge in [0.1, 0.15) is 17.5 Å². The van der Waals surface area contributed by atoms with Crippen molar-refractivity contribution in [3.63, 3.8) is 0 Å². The highest BCUT2D eigenvalue weighted by atomic mass is 19.4. The van der Waals surface area contributed by atoms with Gasteiger partial charge in [0.25, 0.3) is 5.75 Å². The Balaban J connectivity index is 2.03. The fourth-order valence-electron chi connectivity index (χ4n) is 3.97. The molecule has 0 aliphatic carbocycles. The lowest BCUT2D eigenvalue weighted by Gasteiger charge is -2.18. The monoisotopic (exact) mass is 608 g/mol. The summed E-state index contributed by atoms with van der Waals surface area (Å²) in [5.41, 5.74) is -1.34. The molecule has 3 aromatic rings. The van der Waals surface area contributed by atoms with E-state index in [0.29, 0.717) is 11.4 Å². The van der Waals surface area contributed by atoms with Crippen LogP contribution < -0.4 is 14.8 Å². The second-order valence-electron chi connectivity index (χ2n) is 8.91. The average molecular weight is 608 g/mol. The number of carbonyl (C=O) groups excluding carboxylic acids is 2. The highest BCUT2D eigenvalue weighted by Crippen LogP contribution is 2.43. The van der Waals surface area contributed by atoms with Crippen LogP contribution in [0.1, 0.15) is 29.5 Å². The van der Waals surface area contributed by atoms with Gasteiger partial charge in [-0.05, 0) is 29.3 Å². The molecule has 43 heavy (non-hydrogen) atoms. The number of nitrogens with one attached hydrogen (secondary N) is 1. The van der Waals surface area contributed by atoms with E-state index in [-0.39, 0.29) is 22.6 Å². The van der Waals surface area contributed by atoms with E-state index < -0.39 is 63.4 Å². The minimum atomic E-state index is -5.37. The van der Waals surface area contributed by atoms with Crippen molar-refractivity contribution in [3.05, 3.63) is 85.6 Å². The highest BCUT2D eigenvalue weighted by molar-refractivity contribution is 5.87. The van der Waals surface area contributed by atoms with Crippen LogP contribution in [0.5, 0.6) is 23.1 Å². The number of nitrogens with zero attached hydrogens (tertiary/aromatic N) is 3. The molecular formula is C26H23F3N4O10. The van der Waals surface area contributed by atoms with Gasteiger partial charge in [-0.15, -0.1) is 0 Å². The van der Waals surface area contributed by atoms with Gasteiger partial charge in [-0.25, -0.2) is 9.78 Å². The lowest BCUT2D eigenvalue weighted by molar-refractivity contribution is -0.395. The minimum Gasteiger partial charge on any atom is -0.508 e. The number of ether oxygens (including phenoxy) is 3. The van der Waals surface area contributed by atoms with E-state index in [2.05, 4.69) is 9.72 Å². The molecule has 0 aliphatic rings. The quantitative estimate of drug-likeness (QED) is 0.179. The molecule has 0 bridgehead atoms. The summed E-state index contributed by atoms with van der Waals surface area (Å²) in [4.78, 5) is 49.4. The molecule has 1 unspecified atom stereocenters. The predicted molar refractivity (Wildman–Crippen MR) is 140 cm³/mol. The molecule has 2 aromatic carbocycles. The van der Waals surface area contributed by atoms with Crippen LogP contribution in [0.2, 0.25) is 0 Å². The van der Waals surface area contributed by atoms with E-state index >= 15 is 0 Å². The third-order valence-electron chi connectivity index (χ3n) is 6.14. The summed E-state index contributed by atoms with van der Waals surface area (Å²) in [6.45, 7) is 1.72. The second-order valence-corrected chi connectivity index (χ2v) is 8.91. The molecule has 17 heteroatoms. The fraction of sp³-hybridized carbons (Fsp3) is 0.269. The SMILES string of the molecule is COC(=O)[C@H](Cc1cc([N+](=O)[O-])c(Oc2ccc(O)c(C(C)c3ccc(OC)nc3)c2)c([N+](=O)[O-])c1)NC(=O)C(F)(F)F. The molecule has 0 radical (unpaired) electrons. The van der Waals surface area contributed by atoms with Crippen LogP contribution in [0.3, 0.4) is 0 Å². The number of halogens is 3. The molecule has 14 nitrogen and oxygen atoms in total. The smallest absolute Gasteiger partial charge is 0.471 e. The molecule has 0 saturated carbocycles. The molecular weight excluding hydrogens is 585 g/mol. The van der Waals surface area contributed by atoms with Gasteiger partial charge in [0.05, 0.1) is 24.1 Å². The molecule has 1 amide bonds. The first-order valence-corrected chi connectivity index (χ1v) is 12.1. The van der Waals surface area contributed by atoms with Crippen molar-refractivity contribution in [2.24, 2.45) is 0 Å². The van der Waals surface area contributed by atoms with Crippen molar-refractivity contribution in [2.45, 2.75) is 31.5 Å². The van der Waals surface area contributed by atoms with Gasteiger partial charge < -0.3 is 24.6 Å². The number of nitro groups is 2. The normalized spacial score (nSPS) is 12.5. The summed E-state index contributed by atoms with van der Waals surface area (Å²) >= 11 is 0. The standard InChI is InChI=1S/C26H23F3N4O10/c1-13(15-4-7-22(41-2)30-12-15)17-11-16(5-6-21(17)34)43-23-19(32(37)38)9-14(10-20(23)33(39)40)8-18(24(35)42-3)31-25(36)26(27,28)29/h4-7,9-13,18,34H,8H2,1-3H3,(H,31,36)/t13?,18-/m0/s1. The number of esters is 1. The Labute approximate surface area is 240 Å². The van der Waals surface area contributed by atoms with Crippen LogP contribution in [-0.2, 0) is 20.7 Å². The maximum Gasteiger partial charge on any atom is 0.471 e. The maximum absolute atomic E-state index is 12.8. The predicted octanol–water partition coefficient (Wildman–Crippen LogP) is 4.32. The van der Waals surface area contributed by atoms with Crippen LogP contribution >= 0.6 is 0 Å². The van der Waals surface area contributed by atoms with Gasteiger partial charge >= 0.3 is 29.4 Å². The van der Waals surface area contributed by atoms with Crippen molar-refractivity contribution in [1.82, 2.24) is 10.3 Å². The zero-order chi connectivity index (χ0) is 32.1. The first kappa shape index (κ1) is 32.0. The summed E-state index contributed by atoms with van der Waals surface area (Å²) in [5.74, 6) is -5.11. The molecule has 2 atom stereocenters. The van der Waals surface area contributed by atoms with E-state index in [9.17, 15) is 48.1 Å². The topological polar surface area (TPSA) is 193 Å². The van der Waals surface area contributed by atoms with Gasteiger partial charge in [0.2, 0.25) is 5.88 Å². The third kappa shape index (κ3) is 7.63. The molecule has 0 fully saturated rings. The number of hydrogen-bond donors (Lipinski definition) is 2. The van der Waals surface area contributed by atoms with Gasteiger partial charge in [-0.2, -0.15) is 13.2 Å². The van der Waals surface area contributed by atoms with E-state index in [1.165, 1.54) is 36.8 Å². The summed E-state index contributed by atoms with van der Waals surface area (Å²) in [5, 5.41) is 35.7. The first-order valence-electron chi connectivity index (χ1n) is 12.1. The lowest BCUT2D eigenvalue weighted by atomic mass is 9.93. The average Bonchev–Trinajstić information content (AvgIpc) is 2.96. The minimum absolute atomic E-state index is 0.134. The number of alkyl halides is 3. The number of hydrogen-bond acceptors (Lipinski definition) is 11. The number of aromatic hydroxyl groups is 1. The number of rotatable bonds is 11. The Bertz CT molecular complexity index is 1510. The molecule has 228 valence electrons. The highest BCUT2D eigenvalue weighted by Gasteiger charge is 2.41. The molecule has 1 heterocycles. The van der Waals surface area contributed by atoms with E-state index in [0.717, 1.165) is 19.2 Å². The van der Waals surface area contributed by atoms with Gasteiger partial charge in [-0.1, -0.05) is 13.0 Å². The van der Waals surface area contributed by atoms with Crippen LogP contribution in [0, 0.1) is 20.2 Å². The number of pyridine rings is 1. The lowest BCUT2D eigenvalue weighted by Crippen LogP contribution is -2.48. The largest absolute Gasteiger partial charge is 0.508 e. The molecule has 0 aliphatic heterocycles. The number of benzene rings is 2. The van der Waals surface area contributed by atoms with Gasteiger partial charge in [-0.3, -0.25) is 25.0 Å². The number of nitro benzene ring substituents is 2. The van der Waals surface area contributed by atoms with Crippen molar-refractivity contribution in [1.29, 1.82) is 0 Å². The zero-order valence-corrected chi connectivity index (χ0v) is 22.6. The van der Waals surface area contributed by atoms with Gasteiger partial charge in [0, 0.05) is 42.3 Å². The van der Waals surface area contributed by atoms with E-state index in [4.69, 9.17) is 9.47 Å². The van der Waals surface area contributed by atoms with Crippen molar-refractivity contribution in [3.8, 4) is 23.1 Å². The molecule has 0 spiro atoms. The van der Waals surface area contributed by atoms with Crippen LogP contribution in [-0.4, -0.2) is 58.3 Å². The van der Waals surface area contributed by atoms with Crippen LogP contribution in [0.25, 0.3) is 0 Å². The maximum atomic E-state index is 12.8. The summed E-state index contributed by atoms with van der Waals surface area (Å²) < 4.78 is 53.3. The number of carbonyl (C=O) groups is 2. The number of phenolic OH excluding ortho intramolecular Hbond substituents is 1. The number of methoxy groups -OCH3 is 2. The zero-order valence-electron chi connectivity index (χ0n) is 22.6. The number of phenols is 1. The van der Waals surface area contributed by atoms with Crippen molar-refractivity contribution >= 4 is 23.3 Å². The van der Waals surface area contributed by atoms with Crippen LogP contribution in [0.4, 0.5) is 24.5 Å². The summed E-state index contributed by atoms with van der Waals surface area (Å²) in [6, 6.07) is 6.54. The second kappa shape index (κ2) is 13.0. The Morgan fingerprint density at radius 3 is 2.16 bits per heavy atom.